The van der Waals surface area contributed by atoms with Crippen LogP contribution in [0.3, 0.4) is 0 Å². The van der Waals surface area contributed by atoms with Gasteiger partial charge in [0.1, 0.15) is 10.6 Å². The molecule has 1 aliphatic heterocycles. The summed E-state index contributed by atoms with van der Waals surface area (Å²) in [6, 6.07) is 12.4. The fraction of sp³-hybridized carbons (Fsp3) is 0.333. The largest absolute Gasteiger partial charge is 0.497 e. The minimum Gasteiger partial charge on any atom is -0.497 e. The highest BCUT2D eigenvalue weighted by Gasteiger charge is 2.30. The van der Waals surface area contributed by atoms with E-state index in [0.29, 0.717) is 31.2 Å². The first kappa shape index (κ1) is 19.5. The molecular formula is C18H20Cl2N2O3S. The van der Waals surface area contributed by atoms with E-state index in [4.69, 9.17) is 27.9 Å². The van der Waals surface area contributed by atoms with E-state index >= 15 is 0 Å². The zero-order chi connectivity index (χ0) is 18.7. The topological polar surface area (TPSA) is 49.9 Å². The third-order valence-electron chi connectivity index (χ3n) is 4.41. The van der Waals surface area contributed by atoms with E-state index in [2.05, 4.69) is 4.90 Å². The lowest BCUT2D eigenvalue weighted by atomic mass is 10.2. The Morgan fingerprint density at radius 2 is 1.65 bits per heavy atom. The van der Waals surface area contributed by atoms with Crippen LogP contribution < -0.4 is 4.74 Å². The van der Waals surface area contributed by atoms with Crippen LogP contribution in [0.4, 0.5) is 0 Å². The van der Waals surface area contributed by atoms with E-state index in [1.807, 2.05) is 24.3 Å². The molecule has 0 radical (unpaired) electrons. The van der Waals surface area contributed by atoms with Crippen molar-refractivity contribution >= 4 is 33.2 Å². The number of rotatable bonds is 5. The Labute approximate surface area is 164 Å². The van der Waals surface area contributed by atoms with Crippen LogP contribution >= 0.6 is 23.2 Å². The van der Waals surface area contributed by atoms with Crippen molar-refractivity contribution in [1.29, 1.82) is 0 Å². The first-order valence-corrected chi connectivity index (χ1v) is 10.4. The van der Waals surface area contributed by atoms with Gasteiger partial charge in [0.2, 0.25) is 10.0 Å². The predicted octanol–water partition coefficient (Wildman–Crippen LogP) is 3.51. The number of halogens is 2. The van der Waals surface area contributed by atoms with Crippen LogP contribution in [0.25, 0.3) is 0 Å². The highest BCUT2D eigenvalue weighted by molar-refractivity contribution is 7.89. The number of sulfonamides is 1. The molecule has 0 bridgehead atoms. The number of hydrogen-bond donors (Lipinski definition) is 0. The third-order valence-corrected chi connectivity index (χ3v) is 7.02. The van der Waals surface area contributed by atoms with Gasteiger partial charge in [-0.05, 0) is 35.9 Å². The fourth-order valence-electron chi connectivity index (χ4n) is 2.93. The standard InChI is InChI=1S/C18H20Cl2N2O3S/c1-25-16-5-2-14(3-6-16)13-21-8-10-22(11-9-21)26(23,24)18-12-15(19)4-7-17(18)20/h2-7,12H,8-11,13H2,1H3. The molecule has 0 N–H and O–H groups in total. The smallest absolute Gasteiger partial charge is 0.244 e. The second-order valence-electron chi connectivity index (χ2n) is 6.10. The minimum absolute atomic E-state index is 0.0651. The van der Waals surface area contributed by atoms with Crippen molar-refractivity contribution in [2.45, 2.75) is 11.4 Å². The first-order chi connectivity index (χ1) is 12.4. The number of nitrogens with zero attached hydrogens (tertiary/aromatic N) is 2. The van der Waals surface area contributed by atoms with E-state index in [0.717, 1.165) is 12.3 Å². The van der Waals surface area contributed by atoms with Crippen LogP contribution in [0, 0.1) is 0 Å². The molecule has 1 heterocycles. The average molecular weight is 415 g/mol. The van der Waals surface area contributed by atoms with Crippen LogP contribution in [-0.4, -0.2) is 50.9 Å². The molecular weight excluding hydrogens is 395 g/mol. The van der Waals surface area contributed by atoms with Crippen LogP contribution in [0.15, 0.2) is 47.4 Å². The maximum absolute atomic E-state index is 12.8. The summed E-state index contributed by atoms with van der Waals surface area (Å²) in [5.74, 6) is 0.822. The highest BCUT2D eigenvalue weighted by Crippen LogP contribution is 2.28. The second kappa shape index (κ2) is 8.15. The predicted molar refractivity (Wildman–Crippen MR) is 103 cm³/mol. The molecule has 8 heteroatoms. The monoisotopic (exact) mass is 414 g/mol. The summed E-state index contributed by atoms with van der Waals surface area (Å²) in [4.78, 5) is 2.29. The number of piperazine rings is 1. The molecule has 2 aromatic rings. The Kier molecular flexibility index (Phi) is 6.10. The zero-order valence-electron chi connectivity index (χ0n) is 14.4. The lowest BCUT2D eigenvalue weighted by molar-refractivity contribution is 0.181. The number of ether oxygens (including phenoxy) is 1. The van der Waals surface area contributed by atoms with Gasteiger partial charge in [0.05, 0.1) is 12.1 Å². The minimum atomic E-state index is -3.65. The molecule has 0 amide bonds. The summed E-state index contributed by atoms with van der Waals surface area (Å²) < 4.78 is 32.3. The molecule has 5 nitrogen and oxygen atoms in total. The highest BCUT2D eigenvalue weighted by atomic mass is 35.5. The molecule has 140 valence electrons. The Hall–Kier alpha value is -1.31. The second-order valence-corrected chi connectivity index (χ2v) is 8.85. The number of hydrogen-bond acceptors (Lipinski definition) is 4. The zero-order valence-corrected chi connectivity index (χ0v) is 16.7. The summed E-state index contributed by atoms with van der Waals surface area (Å²) in [5, 5.41) is 0.543. The van der Waals surface area contributed by atoms with E-state index in [1.165, 1.54) is 22.0 Å². The van der Waals surface area contributed by atoms with Crippen molar-refractivity contribution in [3.8, 4) is 5.75 Å². The lowest BCUT2D eigenvalue weighted by Gasteiger charge is -2.34. The van der Waals surface area contributed by atoms with Gasteiger partial charge in [0.25, 0.3) is 0 Å². The van der Waals surface area contributed by atoms with Crippen molar-refractivity contribution in [1.82, 2.24) is 9.21 Å². The Morgan fingerprint density at radius 1 is 1.00 bits per heavy atom. The lowest BCUT2D eigenvalue weighted by Crippen LogP contribution is -2.48. The van der Waals surface area contributed by atoms with Gasteiger partial charge in [0, 0.05) is 37.7 Å². The van der Waals surface area contributed by atoms with Crippen molar-refractivity contribution < 1.29 is 13.2 Å². The van der Waals surface area contributed by atoms with Crippen LogP contribution in [0.2, 0.25) is 10.0 Å². The quantitative estimate of drug-likeness (QED) is 0.750. The van der Waals surface area contributed by atoms with Crippen LogP contribution in [0.1, 0.15) is 5.56 Å². The molecule has 2 aromatic carbocycles. The van der Waals surface area contributed by atoms with Gasteiger partial charge in [-0.2, -0.15) is 4.31 Å². The summed E-state index contributed by atoms with van der Waals surface area (Å²) >= 11 is 12.0. The van der Waals surface area contributed by atoms with Gasteiger partial charge in [-0.1, -0.05) is 35.3 Å². The van der Waals surface area contributed by atoms with E-state index in [9.17, 15) is 8.42 Å². The van der Waals surface area contributed by atoms with Crippen LogP contribution in [-0.2, 0) is 16.6 Å². The summed E-state index contributed by atoms with van der Waals surface area (Å²) in [5.41, 5.74) is 1.17. The van der Waals surface area contributed by atoms with Gasteiger partial charge in [-0.3, -0.25) is 4.90 Å². The van der Waals surface area contributed by atoms with E-state index in [-0.39, 0.29) is 9.92 Å². The molecule has 0 unspecified atom stereocenters. The van der Waals surface area contributed by atoms with Gasteiger partial charge >= 0.3 is 0 Å². The summed E-state index contributed by atoms with van der Waals surface area (Å²) in [6.45, 7) is 2.92. The van der Waals surface area contributed by atoms with Gasteiger partial charge < -0.3 is 4.74 Å². The molecule has 0 saturated carbocycles. The average Bonchev–Trinajstić information content (AvgIpc) is 2.65. The maximum Gasteiger partial charge on any atom is 0.244 e. The molecule has 1 fully saturated rings. The van der Waals surface area contributed by atoms with Gasteiger partial charge in [0.15, 0.2) is 0 Å². The van der Waals surface area contributed by atoms with Crippen molar-refractivity contribution in [3.63, 3.8) is 0 Å². The van der Waals surface area contributed by atoms with Crippen molar-refractivity contribution in [2.75, 3.05) is 33.3 Å². The van der Waals surface area contributed by atoms with Crippen molar-refractivity contribution in [2.24, 2.45) is 0 Å². The first-order valence-electron chi connectivity index (χ1n) is 8.20. The molecule has 0 atom stereocenters. The molecule has 0 aliphatic carbocycles. The van der Waals surface area contributed by atoms with E-state index in [1.54, 1.807) is 13.2 Å². The molecule has 3 rings (SSSR count). The molecule has 0 spiro atoms. The summed E-state index contributed by atoms with van der Waals surface area (Å²) in [7, 11) is -2.01. The van der Waals surface area contributed by atoms with Crippen LogP contribution in [0.5, 0.6) is 5.75 Å². The molecule has 0 aromatic heterocycles. The fourth-order valence-corrected chi connectivity index (χ4v) is 5.09. The Balaban J connectivity index is 1.64. The SMILES string of the molecule is COc1ccc(CN2CCN(S(=O)(=O)c3cc(Cl)ccc3Cl)CC2)cc1. The van der Waals surface area contributed by atoms with Gasteiger partial charge in [-0.25, -0.2) is 8.42 Å². The molecule has 1 aliphatic rings. The Bertz CT molecular complexity index is 865. The van der Waals surface area contributed by atoms with Crippen molar-refractivity contribution in [3.05, 3.63) is 58.1 Å². The van der Waals surface area contributed by atoms with Gasteiger partial charge in [-0.15, -0.1) is 0 Å². The number of methoxy groups -OCH3 is 1. The molecule has 1 saturated heterocycles. The van der Waals surface area contributed by atoms with E-state index < -0.39 is 10.0 Å². The normalized spacial score (nSPS) is 16.6. The molecule has 26 heavy (non-hydrogen) atoms. The summed E-state index contributed by atoms with van der Waals surface area (Å²) in [6.07, 6.45) is 0. The maximum atomic E-state index is 12.8. The number of benzene rings is 2. The third kappa shape index (κ3) is 4.32. The Morgan fingerprint density at radius 3 is 2.27 bits per heavy atom.